The van der Waals surface area contributed by atoms with Crippen LogP contribution in [0.2, 0.25) is 0 Å². The number of methoxy groups -OCH3 is 2. The summed E-state index contributed by atoms with van der Waals surface area (Å²) in [4.78, 5) is 3.94. The standard InChI is InChI=1S/C20H19F3N4O2/c1-28-16-4-3-13(9-17(16)29-2)14-10-18(20(21,22)23)27-19(25-14)11-15(26-27)12-5-7-24-8-6-12/h3-9,11,14,18,25H,10H2,1-2H3/t14?,18-/m1/s1. The Hall–Kier alpha value is -3.23. The molecule has 9 heteroatoms. The molecule has 152 valence electrons. The molecule has 0 saturated carbocycles. The third-order valence-electron chi connectivity index (χ3n) is 4.98. The van der Waals surface area contributed by atoms with Crippen LogP contribution in [0.15, 0.2) is 48.8 Å². The summed E-state index contributed by atoms with van der Waals surface area (Å²) in [6.07, 6.45) is -1.47. The Morgan fingerprint density at radius 2 is 1.76 bits per heavy atom. The molecule has 0 radical (unpaired) electrons. The second-order valence-electron chi connectivity index (χ2n) is 6.70. The fourth-order valence-electron chi connectivity index (χ4n) is 3.53. The first-order valence-electron chi connectivity index (χ1n) is 8.96. The van der Waals surface area contributed by atoms with Crippen LogP contribution in [0.1, 0.15) is 24.1 Å². The first kappa shape index (κ1) is 19.1. The van der Waals surface area contributed by atoms with Crippen LogP contribution < -0.4 is 14.8 Å². The van der Waals surface area contributed by atoms with Gasteiger partial charge in [-0.25, -0.2) is 4.68 Å². The summed E-state index contributed by atoms with van der Waals surface area (Å²) in [5, 5.41) is 7.40. The van der Waals surface area contributed by atoms with Crippen molar-refractivity contribution in [1.29, 1.82) is 0 Å². The molecule has 0 aliphatic carbocycles. The van der Waals surface area contributed by atoms with Crippen molar-refractivity contribution in [2.75, 3.05) is 19.5 Å². The number of benzene rings is 1. The van der Waals surface area contributed by atoms with Crippen LogP contribution in [0.3, 0.4) is 0 Å². The van der Waals surface area contributed by atoms with Crippen LogP contribution in [-0.4, -0.2) is 35.2 Å². The minimum atomic E-state index is -4.44. The number of pyridine rings is 1. The largest absolute Gasteiger partial charge is 0.493 e. The number of ether oxygens (including phenoxy) is 2. The SMILES string of the molecule is COc1ccc(C2C[C@H](C(F)(F)F)n3nc(-c4ccncc4)cc3N2)cc1OC. The molecule has 0 saturated heterocycles. The number of alkyl halides is 3. The molecule has 1 aromatic carbocycles. The Balaban J connectivity index is 1.74. The van der Waals surface area contributed by atoms with Crippen LogP contribution in [0.4, 0.5) is 19.0 Å². The van der Waals surface area contributed by atoms with Crippen molar-refractivity contribution >= 4 is 5.82 Å². The van der Waals surface area contributed by atoms with E-state index < -0.39 is 18.3 Å². The lowest BCUT2D eigenvalue weighted by atomic mass is 9.96. The zero-order valence-corrected chi connectivity index (χ0v) is 15.8. The first-order valence-corrected chi connectivity index (χ1v) is 8.96. The average molecular weight is 404 g/mol. The zero-order chi connectivity index (χ0) is 20.6. The van der Waals surface area contributed by atoms with Gasteiger partial charge in [-0.15, -0.1) is 0 Å². The Morgan fingerprint density at radius 1 is 1.03 bits per heavy atom. The zero-order valence-electron chi connectivity index (χ0n) is 15.8. The number of hydrogen-bond acceptors (Lipinski definition) is 5. The lowest BCUT2D eigenvalue weighted by Crippen LogP contribution is -2.35. The predicted molar refractivity (Wildman–Crippen MR) is 101 cm³/mol. The molecular formula is C20H19F3N4O2. The number of nitrogens with zero attached hydrogens (tertiary/aromatic N) is 3. The van der Waals surface area contributed by atoms with Crippen LogP contribution in [0.25, 0.3) is 11.3 Å². The number of anilines is 1. The maximum Gasteiger partial charge on any atom is 0.410 e. The molecule has 4 rings (SSSR count). The molecular weight excluding hydrogens is 385 g/mol. The maximum atomic E-state index is 13.8. The normalized spacial score (nSPS) is 18.7. The van der Waals surface area contributed by atoms with E-state index in [-0.39, 0.29) is 6.42 Å². The van der Waals surface area contributed by atoms with Crippen molar-refractivity contribution in [2.24, 2.45) is 0 Å². The van der Waals surface area contributed by atoms with Gasteiger partial charge in [0.1, 0.15) is 5.82 Å². The van der Waals surface area contributed by atoms with E-state index in [0.29, 0.717) is 34.1 Å². The van der Waals surface area contributed by atoms with Crippen molar-refractivity contribution in [3.63, 3.8) is 0 Å². The van der Waals surface area contributed by atoms with Crippen LogP contribution in [0, 0.1) is 0 Å². The van der Waals surface area contributed by atoms with E-state index in [4.69, 9.17) is 9.47 Å². The fourth-order valence-corrected chi connectivity index (χ4v) is 3.53. The number of aromatic nitrogens is 3. The minimum Gasteiger partial charge on any atom is -0.493 e. The summed E-state index contributed by atoms with van der Waals surface area (Å²) in [6, 6.07) is 7.87. The van der Waals surface area contributed by atoms with E-state index in [0.717, 1.165) is 4.68 Å². The van der Waals surface area contributed by atoms with Gasteiger partial charge in [0.15, 0.2) is 17.5 Å². The molecule has 3 aromatic rings. The highest BCUT2D eigenvalue weighted by molar-refractivity contribution is 5.63. The molecule has 0 spiro atoms. The van der Waals surface area contributed by atoms with Crippen LogP contribution >= 0.6 is 0 Å². The summed E-state index contributed by atoms with van der Waals surface area (Å²) in [6.45, 7) is 0. The monoisotopic (exact) mass is 404 g/mol. The van der Waals surface area contributed by atoms with Crippen LogP contribution in [0.5, 0.6) is 11.5 Å². The molecule has 2 aromatic heterocycles. The predicted octanol–water partition coefficient (Wildman–Crippen LogP) is 4.62. The number of fused-ring (bicyclic) bond motifs is 1. The Kier molecular flexibility index (Phi) is 4.81. The summed E-state index contributed by atoms with van der Waals surface area (Å²) in [5.74, 6) is 1.29. The van der Waals surface area contributed by atoms with Crippen molar-refractivity contribution in [2.45, 2.75) is 24.7 Å². The first-order chi connectivity index (χ1) is 13.9. The Bertz CT molecular complexity index is 1000. The smallest absolute Gasteiger partial charge is 0.410 e. The average Bonchev–Trinajstić information content (AvgIpc) is 3.16. The van der Waals surface area contributed by atoms with Crippen molar-refractivity contribution < 1.29 is 22.6 Å². The van der Waals surface area contributed by atoms with Gasteiger partial charge in [-0.05, 0) is 29.8 Å². The van der Waals surface area contributed by atoms with Gasteiger partial charge >= 0.3 is 6.18 Å². The van der Waals surface area contributed by atoms with Crippen molar-refractivity contribution in [3.05, 3.63) is 54.4 Å². The number of rotatable bonds is 4. The highest BCUT2D eigenvalue weighted by Gasteiger charge is 2.46. The van der Waals surface area contributed by atoms with Gasteiger partial charge in [0, 0.05) is 30.4 Å². The Morgan fingerprint density at radius 3 is 2.41 bits per heavy atom. The van der Waals surface area contributed by atoms with Crippen molar-refractivity contribution in [3.8, 4) is 22.8 Å². The number of halogens is 3. The molecule has 0 amide bonds. The molecule has 29 heavy (non-hydrogen) atoms. The molecule has 1 aliphatic rings. The highest BCUT2D eigenvalue weighted by Crippen LogP contribution is 2.45. The lowest BCUT2D eigenvalue weighted by molar-refractivity contribution is -0.173. The second kappa shape index (κ2) is 7.31. The fraction of sp³-hybridized carbons (Fsp3) is 0.300. The van der Waals surface area contributed by atoms with Gasteiger partial charge in [-0.2, -0.15) is 18.3 Å². The molecule has 6 nitrogen and oxygen atoms in total. The maximum absolute atomic E-state index is 13.8. The summed E-state index contributed by atoms with van der Waals surface area (Å²) >= 11 is 0. The lowest BCUT2D eigenvalue weighted by Gasteiger charge is -2.33. The summed E-state index contributed by atoms with van der Waals surface area (Å²) in [7, 11) is 3.00. The van der Waals surface area contributed by atoms with Gasteiger partial charge in [-0.1, -0.05) is 6.07 Å². The van der Waals surface area contributed by atoms with Gasteiger partial charge in [0.2, 0.25) is 0 Å². The molecule has 3 heterocycles. The summed E-state index contributed by atoms with van der Waals surface area (Å²) in [5.41, 5.74) is 1.83. The van der Waals surface area contributed by atoms with E-state index in [9.17, 15) is 13.2 Å². The number of nitrogens with one attached hydrogen (secondary N) is 1. The van der Waals surface area contributed by atoms with E-state index in [1.807, 2.05) is 0 Å². The van der Waals surface area contributed by atoms with Crippen LogP contribution in [-0.2, 0) is 0 Å². The molecule has 0 bridgehead atoms. The van der Waals surface area contributed by atoms with E-state index in [1.165, 1.54) is 14.2 Å². The third kappa shape index (κ3) is 3.59. The number of hydrogen-bond donors (Lipinski definition) is 1. The van der Waals surface area contributed by atoms with E-state index in [1.54, 1.807) is 48.8 Å². The topological polar surface area (TPSA) is 61.2 Å². The van der Waals surface area contributed by atoms with Gasteiger partial charge in [-0.3, -0.25) is 4.98 Å². The minimum absolute atomic E-state index is 0.191. The molecule has 1 aliphatic heterocycles. The Labute approximate surface area is 165 Å². The van der Waals surface area contributed by atoms with Gasteiger partial charge in [0.05, 0.1) is 26.0 Å². The molecule has 0 fully saturated rings. The summed E-state index contributed by atoms with van der Waals surface area (Å²) < 4.78 is 53.1. The van der Waals surface area contributed by atoms with Crippen molar-refractivity contribution in [1.82, 2.24) is 14.8 Å². The van der Waals surface area contributed by atoms with E-state index in [2.05, 4.69) is 15.4 Å². The molecule has 2 atom stereocenters. The third-order valence-corrected chi connectivity index (χ3v) is 4.98. The van der Waals surface area contributed by atoms with Gasteiger partial charge < -0.3 is 14.8 Å². The second-order valence-corrected chi connectivity index (χ2v) is 6.70. The van der Waals surface area contributed by atoms with Gasteiger partial charge in [0.25, 0.3) is 0 Å². The highest BCUT2D eigenvalue weighted by atomic mass is 19.4. The van der Waals surface area contributed by atoms with E-state index >= 15 is 0 Å². The molecule has 1 unspecified atom stereocenters. The molecule has 1 N–H and O–H groups in total. The quantitative estimate of drug-likeness (QED) is 0.688.